The highest BCUT2D eigenvalue weighted by molar-refractivity contribution is 7.89. The summed E-state index contributed by atoms with van der Waals surface area (Å²) in [6.07, 6.45) is 4.16. The van der Waals surface area contributed by atoms with Crippen LogP contribution in [0.3, 0.4) is 0 Å². The van der Waals surface area contributed by atoms with Crippen LogP contribution < -0.4 is 10.0 Å². The molecule has 1 rings (SSSR count). The number of halogens is 1. The molecular formula is C9H19ClN4O2S. The Morgan fingerprint density at radius 2 is 2.18 bits per heavy atom. The number of aromatic amines is 1. The predicted octanol–water partition coefficient (Wildman–Crippen LogP) is 0.250. The molecule has 0 aliphatic heterocycles. The second-order valence-electron chi connectivity index (χ2n) is 3.40. The van der Waals surface area contributed by atoms with Gasteiger partial charge in [-0.3, -0.25) is 0 Å². The van der Waals surface area contributed by atoms with Crippen LogP contribution in [-0.4, -0.2) is 37.2 Å². The summed E-state index contributed by atoms with van der Waals surface area (Å²) in [5.74, 6) is 0.134. The molecule has 0 bridgehead atoms. The fraction of sp³-hybridized carbons (Fsp3) is 0.667. The summed E-state index contributed by atoms with van der Waals surface area (Å²) in [4.78, 5) is 6.87. The summed E-state index contributed by atoms with van der Waals surface area (Å²) in [7, 11) is -3.04. The first kappa shape index (κ1) is 16.4. The highest BCUT2D eigenvalue weighted by Gasteiger charge is 2.03. The van der Waals surface area contributed by atoms with Crippen molar-refractivity contribution < 1.29 is 8.42 Å². The van der Waals surface area contributed by atoms with Gasteiger partial charge in [-0.05, 0) is 19.9 Å². The van der Waals surface area contributed by atoms with Crippen LogP contribution in [0.25, 0.3) is 0 Å². The minimum Gasteiger partial charge on any atom is -0.347 e. The van der Waals surface area contributed by atoms with Gasteiger partial charge in [0, 0.05) is 25.0 Å². The molecule has 0 radical (unpaired) electrons. The fourth-order valence-corrected chi connectivity index (χ4v) is 1.81. The van der Waals surface area contributed by atoms with E-state index in [-0.39, 0.29) is 18.2 Å². The topological polar surface area (TPSA) is 86.9 Å². The lowest BCUT2D eigenvalue weighted by atomic mass is 10.4. The largest absolute Gasteiger partial charge is 0.347 e. The molecular weight excluding hydrogens is 264 g/mol. The molecule has 0 aliphatic rings. The second-order valence-corrected chi connectivity index (χ2v) is 5.50. The third-order valence-electron chi connectivity index (χ3n) is 2.10. The van der Waals surface area contributed by atoms with Gasteiger partial charge in [0.15, 0.2) is 0 Å². The molecule has 0 saturated heterocycles. The number of nitrogens with one attached hydrogen (secondary N) is 3. The van der Waals surface area contributed by atoms with Crippen LogP contribution in [0.4, 0.5) is 0 Å². The molecule has 0 aromatic carbocycles. The van der Waals surface area contributed by atoms with Crippen LogP contribution in [0.15, 0.2) is 12.5 Å². The number of hydrogen-bond donors (Lipinski definition) is 3. The van der Waals surface area contributed by atoms with E-state index in [9.17, 15) is 8.42 Å². The summed E-state index contributed by atoms with van der Waals surface area (Å²) in [5.41, 5.74) is 1.02. The van der Waals surface area contributed by atoms with E-state index in [0.717, 1.165) is 25.2 Å². The number of H-pyrrole nitrogens is 1. The second kappa shape index (κ2) is 8.46. The van der Waals surface area contributed by atoms with Gasteiger partial charge in [0.2, 0.25) is 10.0 Å². The van der Waals surface area contributed by atoms with Crippen LogP contribution in [0.5, 0.6) is 0 Å². The molecule has 6 nitrogen and oxygen atoms in total. The van der Waals surface area contributed by atoms with Crippen LogP contribution in [-0.2, 0) is 16.6 Å². The molecule has 1 aromatic rings. The average molecular weight is 283 g/mol. The summed E-state index contributed by atoms with van der Waals surface area (Å²) in [6.45, 7) is 3.59. The quantitative estimate of drug-likeness (QED) is 0.597. The summed E-state index contributed by atoms with van der Waals surface area (Å²) in [5, 5.41) is 3.19. The number of rotatable bonds is 8. The van der Waals surface area contributed by atoms with Crippen LogP contribution in [0.1, 0.15) is 19.0 Å². The zero-order chi connectivity index (χ0) is 11.9. The van der Waals surface area contributed by atoms with Crippen LogP contribution >= 0.6 is 12.4 Å². The molecule has 0 atom stereocenters. The van der Waals surface area contributed by atoms with Gasteiger partial charge < -0.3 is 10.3 Å². The van der Waals surface area contributed by atoms with Gasteiger partial charge >= 0.3 is 0 Å². The van der Waals surface area contributed by atoms with Crippen molar-refractivity contribution in [2.75, 3.05) is 18.8 Å². The molecule has 8 heteroatoms. The lowest BCUT2D eigenvalue weighted by molar-refractivity contribution is 0.574. The maximum atomic E-state index is 11.1. The number of sulfonamides is 1. The van der Waals surface area contributed by atoms with E-state index in [4.69, 9.17) is 0 Å². The van der Waals surface area contributed by atoms with Crippen molar-refractivity contribution in [2.24, 2.45) is 0 Å². The van der Waals surface area contributed by atoms with Gasteiger partial charge in [0.05, 0.1) is 12.1 Å². The van der Waals surface area contributed by atoms with Gasteiger partial charge in [0.1, 0.15) is 0 Å². The highest BCUT2D eigenvalue weighted by atomic mass is 35.5. The van der Waals surface area contributed by atoms with E-state index in [1.807, 2.05) is 0 Å². The molecule has 0 aliphatic carbocycles. The Morgan fingerprint density at radius 1 is 1.41 bits per heavy atom. The lowest BCUT2D eigenvalue weighted by Gasteiger charge is -2.05. The molecule has 0 amide bonds. The summed E-state index contributed by atoms with van der Waals surface area (Å²) in [6, 6.07) is 0. The maximum absolute atomic E-state index is 11.1. The van der Waals surface area contributed by atoms with Crippen molar-refractivity contribution in [3.8, 4) is 0 Å². The van der Waals surface area contributed by atoms with Crippen molar-refractivity contribution in [2.45, 2.75) is 19.9 Å². The SMILES string of the molecule is CCS(=O)(=O)NCCCNCc1cnc[nH]1.Cl. The number of nitrogens with zero attached hydrogens (tertiary/aromatic N) is 1. The van der Waals surface area contributed by atoms with Gasteiger partial charge in [-0.25, -0.2) is 18.1 Å². The Kier molecular flexibility index (Phi) is 8.15. The average Bonchev–Trinajstić information content (AvgIpc) is 2.76. The first-order valence-electron chi connectivity index (χ1n) is 5.29. The van der Waals surface area contributed by atoms with Crippen molar-refractivity contribution in [1.29, 1.82) is 0 Å². The zero-order valence-electron chi connectivity index (χ0n) is 9.77. The van der Waals surface area contributed by atoms with E-state index < -0.39 is 10.0 Å². The Bertz CT molecular complexity index is 380. The smallest absolute Gasteiger partial charge is 0.211 e. The first-order chi connectivity index (χ1) is 7.64. The minimum absolute atomic E-state index is 0. The molecule has 0 unspecified atom stereocenters. The van der Waals surface area contributed by atoms with E-state index in [1.165, 1.54) is 0 Å². The maximum Gasteiger partial charge on any atom is 0.211 e. The van der Waals surface area contributed by atoms with Crippen molar-refractivity contribution >= 4 is 22.4 Å². The van der Waals surface area contributed by atoms with Gasteiger partial charge in [-0.15, -0.1) is 12.4 Å². The number of imidazole rings is 1. The van der Waals surface area contributed by atoms with Crippen LogP contribution in [0, 0.1) is 0 Å². The fourth-order valence-electron chi connectivity index (χ4n) is 1.15. The van der Waals surface area contributed by atoms with Crippen LogP contribution in [0.2, 0.25) is 0 Å². The summed E-state index contributed by atoms with van der Waals surface area (Å²) < 4.78 is 24.7. The highest BCUT2D eigenvalue weighted by Crippen LogP contribution is 1.89. The van der Waals surface area contributed by atoms with E-state index in [0.29, 0.717) is 6.54 Å². The number of aromatic nitrogens is 2. The van der Waals surface area contributed by atoms with Crippen molar-refractivity contribution in [3.05, 3.63) is 18.2 Å². The molecule has 17 heavy (non-hydrogen) atoms. The third-order valence-corrected chi connectivity index (χ3v) is 3.51. The molecule has 1 aromatic heterocycles. The van der Waals surface area contributed by atoms with E-state index >= 15 is 0 Å². The third kappa shape index (κ3) is 7.32. The summed E-state index contributed by atoms with van der Waals surface area (Å²) >= 11 is 0. The van der Waals surface area contributed by atoms with Crippen molar-refractivity contribution in [3.63, 3.8) is 0 Å². The molecule has 100 valence electrons. The molecule has 0 fully saturated rings. The Hall–Kier alpha value is -0.630. The normalized spacial score (nSPS) is 11.1. The van der Waals surface area contributed by atoms with Gasteiger partial charge in [-0.2, -0.15) is 0 Å². The predicted molar refractivity (Wildman–Crippen MR) is 69.6 cm³/mol. The Balaban J connectivity index is 0.00000256. The van der Waals surface area contributed by atoms with Crippen molar-refractivity contribution in [1.82, 2.24) is 20.0 Å². The first-order valence-corrected chi connectivity index (χ1v) is 6.94. The molecule has 3 N–H and O–H groups in total. The molecule has 0 saturated carbocycles. The van der Waals surface area contributed by atoms with Gasteiger partial charge in [-0.1, -0.05) is 0 Å². The lowest BCUT2D eigenvalue weighted by Crippen LogP contribution is -2.28. The Morgan fingerprint density at radius 3 is 2.76 bits per heavy atom. The number of hydrogen-bond acceptors (Lipinski definition) is 4. The minimum atomic E-state index is -3.04. The standard InChI is InChI=1S/C9H18N4O2S.ClH/c1-2-16(14,15)13-5-3-4-10-6-9-7-11-8-12-9;/h7-8,10,13H,2-6H2,1H3,(H,11,12);1H. The molecule has 0 spiro atoms. The van der Waals surface area contributed by atoms with Gasteiger partial charge in [0.25, 0.3) is 0 Å². The van der Waals surface area contributed by atoms with E-state index in [2.05, 4.69) is 20.0 Å². The zero-order valence-corrected chi connectivity index (χ0v) is 11.4. The molecule has 1 heterocycles. The van der Waals surface area contributed by atoms with E-state index in [1.54, 1.807) is 19.4 Å². The Labute approximate surface area is 108 Å². The monoisotopic (exact) mass is 282 g/mol.